The van der Waals surface area contributed by atoms with Crippen molar-refractivity contribution in [3.05, 3.63) is 125 Å². The van der Waals surface area contributed by atoms with Crippen LogP contribution in [0, 0.1) is 13.8 Å². The first-order valence-electron chi connectivity index (χ1n) is 14.9. The van der Waals surface area contributed by atoms with Crippen LogP contribution in [-0.4, -0.2) is 48.3 Å². The summed E-state index contributed by atoms with van der Waals surface area (Å²) < 4.78 is 27.6. The minimum Gasteiger partial charge on any atom is -0.494 e. The monoisotopic (exact) mass is 638 g/mol. The fourth-order valence-corrected chi connectivity index (χ4v) is 4.26. The van der Waals surface area contributed by atoms with Crippen molar-refractivity contribution in [3.63, 3.8) is 0 Å². The SMILES string of the molecule is C=CC(=O)OCCCCOc1ccc(C(=O)Oc2ccc(OC(=O)c3ccc(COc4ccc(B(O)O)cc4)cc3)c(C)c2C)cc1. The maximum atomic E-state index is 12.9. The third-order valence-electron chi connectivity index (χ3n) is 7.17. The first kappa shape index (κ1) is 34.5. The van der Waals surface area contributed by atoms with Crippen molar-refractivity contribution < 1.29 is 48.1 Å². The molecule has 0 aliphatic rings. The molecule has 2 N–H and O–H groups in total. The second-order valence-electron chi connectivity index (χ2n) is 10.5. The number of hydrogen-bond acceptors (Lipinski definition) is 10. The maximum Gasteiger partial charge on any atom is 0.488 e. The van der Waals surface area contributed by atoms with Gasteiger partial charge in [0.05, 0.1) is 24.3 Å². The second-order valence-corrected chi connectivity index (χ2v) is 10.5. The molecule has 0 heterocycles. The average Bonchev–Trinajstić information content (AvgIpc) is 3.09. The second kappa shape index (κ2) is 16.8. The van der Waals surface area contributed by atoms with Crippen molar-refractivity contribution >= 4 is 30.5 Å². The van der Waals surface area contributed by atoms with Gasteiger partial charge in [-0.3, -0.25) is 0 Å². The fourth-order valence-electron chi connectivity index (χ4n) is 4.26. The first-order chi connectivity index (χ1) is 22.6. The Hall–Kier alpha value is -5.39. The van der Waals surface area contributed by atoms with Gasteiger partial charge in [0.2, 0.25) is 0 Å². The van der Waals surface area contributed by atoms with E-state index in [1.165, 1.54) is 0 Å². The Balaban J connectivity index is 1.26. The Labute approximate surface area is 273 Å². The van der Waals surface area contributed by atoms with Crippen LogP contribution in [0.15, 0.2) is 97.6 Å². The van der Waals surface area contributed by atoms with Crippen LogP contribution in [0.2, 0.25) is 0 Å². The molecule has 0 aliphatic carbocycles. The van der Waals surface area contributed by atoms with Gasteiger partial charge in [-0.05, 0) is 110 Å². The quantitative estimate of drug-likeness (QED) is 0.0609. The fraction of sp³-hybridized carbons (Fsp3) is 0.194. The largest absolute Gasteiger partial charge is 0.494 e. The van der Waals surface area contributed by atoms with Crippen LogP contribution in [0.25, 0.3) is 0 Å². The Morgan fingerprint density at radius 1 is 0.681 bits per heavy atom. The van der Waals surface area contributed by atoms with Crippen LogP contribution in [0.4, 0.5) is 0 Å². The summed E-state index contributed by atoms with van der Waals surface area (Å²) in [5.74, 6) is 0.314. The van der Waals surface area contributed by atoms with Gasteiger partial charge in [0.1, 0.15) is 29.6 Å². The predicted molar refractivity (Wildman–Crippen MR) is 175 cm³/mol. The van der Waals surface area contributed by atoms with Crippen LogP contribution in [0.5, 0.6) is 23.0 Å². The van der Waals surface area contributed by atoms with Crippen LogP contribution in [0.3, 0.4) is 0 Å². The van der Waals surface area contributed by atoms with Gasteiger partial charge in [-0.15, -0.1) is 0 Å². The topological polar surface area (TPSA) is 138 Å². The smallest absolute Gasteiger partial charge is 0.488 e. The van der Waals surface area contributed by atoms with Crippen molar-refractivity contribution in [1.82, 2.24) is 0 Å². The van der Waals surface area contributed by atoms with Crippen molar-refractivity contribution in [2.75, 3.05) is 13.2 Å². The van der Waals surface area contributed by atoms with Crippen molar-refractivity contribution in [2.45, 2.75) is 33.3 Å². The third kappa shape index (κ3) is 10.1. The van der Waals surface area contributed by atoms with E-state index in [1.807, 2.05) is 0 Å². The molecule has 4 aromatic carbocycles. The summed E-state index contributed by atoms with van der Waals surface area (Å²) in [6.45, 7) is 7.88. The minimum absolute atomic E-state index is 0.255. The Bertz CT molecular complexity index is 1680. The van der Waals surface area contributed by atoms with E-state index in [4.69, 9.17) is 23.7 Å². The number of hydrogen-bond donors (Lipinski definition) is 2. The summed E-state index contributed by atoms with van der Waals surface area (Å²) in [5, 5.41) is 18.4. The molecule has 0 atom stereocenters. The van der Waals surface area contributed by atoms with Gasteiger partial charge in [-0.2, -0.15) is 0 Å². The standard InChI is InChI=1S/C36H35BO10/c1-4-34(38)44-22-6-5-21-43-30-15-11-28(12-16-30)36(40)47-33-20-19-32(24(2)25(33)3)46-35(39)27-9-7-26(8-10-27)23-45-31-17-13-29(14-18-31)37(41)42/h4,7-20,41-42H,1,5-6,21-23H2,2-3H3. The summed E-state index contributed by atoms with van der Waals surface area (Å²) in [4.78, 5) is 36.7. The molecule has 0 spiro atoms. The molecule has 11 heteroatoms. The normalized spacial score (nSPS) is 10.5. The molecule has 0 amide bonds. The lowest BCUT2D eigenvalue weighted by molar-refractivity contribution is -0.137. The number of benzene rings is 4. The van der Waals surface area contributed by atoms with Gasteiger partial charge in [0.15, 0.2) is 0 Å². The Kier molecular flexibility index (Phi) is 12.3. The number of ether oxygens (including phenoxy) is 5. The van der Waals surface area contributed by atoms with E-state index in [9.17, 15) is 24.4 Å². The highest BCUT2D eigenvalue weighted by Crippen LogP contribution is 2.30. The highest BCUT2D eigenvalue weighted by molar-refractivity contribution is 6.58. The lowest BCUT2D eigenvalue weighted by atomic mass is 9.80. The zero-order chi connectivity index (χ0) is 33.8. The van der Waals surface area contributed by atoms with E-state index in [-0.39, 0.29) is 6.61 Å². The molecule has 0 radical (unpaired) electrons. The van der Waals surface area contributed by atoms with Crippen molar-refractivity contribution in [2.24, 2.45) is 0 Å². The molecule has 0 bridgehead atoms. The van der Waals surface area contributed by atoms with E-state index in [0.717, 1.165) is 11.6 Å². The molecule has 0 aliphatic heterocycles. The molecule has 10 nitrogen and oxygen atoms in total. The molecule has 242 valence electrons. The number of carbonyl (C=O) groups is 3. The predicted octanol–water partition coefficient (Wildman–Crippen LogP) is 4.89. The van der Waals surface area contributed by atoms with E-state index >= 15 is 0 Å². The van der Waals surface area contributed by atoms with Gasteiger partial charge in [0, 0.05) is 6.08 Å². The zero-order valence-electron chi connectivity index (χ0n) is 26.1. The van der Waals surface area contributed by atoms with Gasteiger partial charge >= 0.3 is 25.0 Å². The van der Waals surface area contributed by atoms with E-state index < -0.39 is 25.0 Å². The van der Waals surface area contributed by atoms with E-state index in [1.54, 1.807) is 98.8 Å². The average molecular weight is 638 g/mol. The summed E-state index contributed by atoms with van der Waals surface area (Å²) in [6, 6.07) is 23.0. The van der Waals surface area contributed by atoms with Crippen LogP contribution in [-0.2, 0) is 16.1 Å². The minimum atomic E-state index is -1.54. The third-order valence-corrected chi connectivity index (χ3v) is 7.17. The molecule has 4 aromatic rings. The zero-order valence-corrected chi connectivity index (χ0v) is 26.1. The van der Waals surface area contributed by atoms with Crippen LogP contribution < -0.4 is 24.4 Å². The summed E-state index contributed by atoms with van der Waals surface area (Å²) in [5.41, 5.74) is 3.19. The van der Waals surface area contributed by atoms with Gasteiger partial charge in [-0.25, -0.2) is 14.4 Å². The molecular formula is C36H35BO10. The molecule has 0 unspecified atom stereocenters. The highest BCUT2D eigenvalue weighted by Gasteiger charge is 2.17. The number of carbonyl (C=O) groups excluding carboxylic acids is 3. The Morgan fingerprint density at radius 2 is 1.17 bits per heavy atom. The van der Waals surface area contributed by atoms with Crippen LogP contribution in [0.1, 0.15) is 50.2 Å². The molecule has 0 fully saturated rings. The Morgan fingerprint density at radius 3 is 1.70 bits per heavy atom. The molecular weight excluding hydrogens is 603 g/mol. The van der Waals surface area contributed by atoms with Gasteiger partial charge in [-0.1, -0.05) is 30.8 Å². The first-order valence-corrected chi connectivity index (χ1v) is 14.9. The van der Waals surface area contributed by atoms with Gasteiger partial charge in [0.25, 0.3) is 0 Å². The van der Waals surface area contributed by atoms with Crippen molar-refractivity contribution in [3.8, 4) is 23.0 Å². The molecule has 4 rings (SSSR count). The lowest BCUT2D eigenvalue weighted by Crippen LogP contribution is -2.29. The number of unbranched alkanes of at least 4 members (excludes halogenated alkanes) is 1. The summed E-state index contributed by atoms with van der Waals surface area (Å²) in [6.07, 6.45) is 2.47. The summed E-state index contributed by atoms with van der Waals surface area (Å²) in [7, 11) is -1.54. The maximum absolute atomic E-state index is 12.9. The molecule has 0 saturated carbocycles. The number of esters is 3. The molecule has 0 saturated heterocycles. The summed E-state index contributed by atoms with van der Waals surface area (Å²) >= 11 is 0. The van der Waals surface area contributed by atoms with Crippen molar-refractivity contribution in [1.29, 1.82) is 0 Å². The van der Waals surface area contributed by atoms with Gasteiger partial charge < -0.3 is 33.7 Å². The highest BCUT2D eigenvalue weighted by atomic mass is 16.5. The number of rotatable bonds is 15. The molecule has 47 heavy (non-hydrogen) atoms. The molecule has 0 aromatic heterocycles. The van der Waals surface area contributed by atoms with E-state index in [2.05, 4.69) is 6.58 Å². The lowest BCUT2D eigenvalue weighted by Gasteiger charge is -2.14. The van der Waals surface area contributed by atoms with Crippen LogP contribution >= 0.6 is 0 Å². The van der Waals surface area contributed by atoms with E-state index in [0.29, 0.717) is 76.8 Å².